The van der Waals surface area contributed by atoms with E-state index in [-0.39, 0.29) is 23.9 Å². The molecule has 1 heterocycles. The van der Waals surface area contributed by atoms with E-state index >= 15 is 0 Å². The van der Waals surface area contributed by atoms with Crippen LogP contribution in [0.3, 0.4) is 0 Å². The molecule has 0 aromatic carbocycles. The highest BCUT2D eigenvalue weighted by molar-refractivity contribution is 7.99. The second-order valence-corrected chi connectivity index (χ2v) is 6.67. The number of ether oxygens (including phenoxy) is 1. The number of aromatic nitrogens is 2. The number of anilines is 1. The zero-order valence-corrected chi connectivity index (χ0v) is 12.6. The Kier molecular flexibility index (Phi) is 4.43. The highest BCUT2D eigenvalue weighted by atomic mass is 35.5. The number of carbonyl (C=O) groups is 1. The van der Waals surface area contributed by atoms with Crippen molar-refractivity contribution in [1.82, 2.24) is 9.97 Å². The molecule has 1 aromatic rings. The van der Waals surface area contributed by atoms with E-state index < -0.39 is 10.3 Å². The molecule has 1 aliphatic carbocycles. The van der Waals surface area contributed by atoms with Crippen molar-refractivity contribution >= 4 is 46.8 Å². The fraction of sp³-hybridized carbons (Fsp3) is 0.545. The van der Waals surface area contributed by atoms with Gasteiger partial charge in [0, 0.05) is 17.9 Å². The first kappa shape index (κ1) is 14.7. The third-order valence-corrected chi connectivity index (χ3v) is 4.61. The number of halogens is 2. The maximum atomic E-state index is 11.5. The first-order valence-electron chi connectivity index (χ1n) is 5.74. The average molecular weight is 322 g/mol. The highest BCUT2D eigenvalue weighted by Crippen LogP contribution is 2.54. The van der Waals surface area contributed by atoms with Crippen LogP contribution < -0.4 is 5.73 Å². The summed E-state index contributed by atoms with van der Waals surface area (Å²) in [5.41, 5.74) is 5.89. The quantitative estimate of drug-likeness (QED) is 0.388. The van der Waals surface area contributed by atoms with Crippen molar-refractivity contribution in [2.45, 2.75) is 22.8 Å². The lowest BCUT2D eigenvalue weighted by atomic mass is 10.3. The molecule has 1 aromatic heterocycles. The van der Waals surface area contributed by atoms with Crippen LogP contribution in [0.15, 0.2) is 11.4 Å². The van der Waals surface area contributed by atoms with Gasteiger partial charge in [0.15, 0.2) is 5.16 Å². The summed E-state index contributed by atoms with van der Waals surface area (Å²) in [6.07, 6.45) is 2.16. The molecule has 1 atom stereocenters. The second kappa shape index (κ2) is 5.73. The van der Waals surface area contributed by atoms with E-state index in [1.165, 1.54) is 18.0 Å². The van der Waals surface area contributed by atoms with E-state index in [4.69, 9.17) is 33.7 Å². The molecule has 0 spiro atoms. The third-order valence-electron chi connectivity index (χ3n) is 2.66. The largest absolute Gasteiger partial charge is 0.462 e. The molecule has 8 heteroatoms. The molecule has 0 unspecified atom stereocenters. The van der Waals surface area contributed by atoms with E-state index in [0.29, 0.717) is 5.16 Å². The van der Waals surface area contributed by atoms with Gasteiger partial charge in [-0.3, -0.25) is 0 Å². The van der Waals surface area contributed by atoms with Gasteiger partial charge in [0.05, 0.1) is 6.61 Å². The van der Waals surface area contributed by atoms with Crippen LogP contribution in [0.5, 0.6) is 0 Å². The molecule has 1 fully saturated rings. The van der Waals surface area contributed by atoms with E-state index in [0.717, 1.165) is 12.2 Å². The molecular weight excluding hydrogens is 309 g/mol. The molecule has 0 amide bonds. The van der Waals surface area contributed by atoms with E-state index in [1.807, 2.05) is 0 Å². The minimum Gasteiger partial charge on any atom is -0.462 e. The molecule has 5 nitrogen and oxygen atoms in total. The van der Waals surface area contributed by atoms with Crippen molar-refractivity contribution in [3.63, 3.8) is 0 Å². The molecule has 104 valence electrons. The number of thioether (sulfide) groups is 1. The van der Waals surface area contributed by atoms with Crippen LogP contribution in [0.2, 0.25) is 0 Å². The van der Waals surface area contributed by atoms with Crippen LogP contribution in [-0.4, -0.2) is 32.6 Å². The molecule has 2 N–H and O–H groups in total. The summed E-state index contributed by atoms with van der Waals surface area (Å²) in [6.45, 7) is 2.00. The fourth-order valence-corrected chi connectivity index (χ4v) is 3.19. The first-order chi connectivity index (χ1) is 8.94. The van der Waals surface area contributed by atoms with E-state index in [9.17, 15) is 4.79 Å². The summed E-state index contributed by atoms with van der Waals surface area (Å²) < 4.78 is 4.24. The Bertz CT molecular complexity index is 499. The summed E-state index contributed by atoms with van der Waals surface area (Å²) in [6, 6.07) is 0. The smallest absolute Gasteiger partial charge is 0.343 e. The van der Waals surface area contributed by atoms with Gasteiger partial charge in [0.25, 0.3) is 0 Å². The Morgan fingerprint density at radius 2 is 2.37 bits per heavy atom. The summed E-state index contributed by atoms with van der Waals surface area (Å²) in [4.78, 5) is 19.7. The van der Waals surface area contributed by atoms with Gasteiger partial charge >= 0.3 is 5.97 Å². The zero-order valence-electron chi connectivity index (χ0n) is 10.2. The number of hydrogen-bond acceptors (Lipinski definition) is 6. The summed E-state index contributed by atoms with van der Waals surface area (Å²) in [5.74, 6) is 0.579. The highest BCUT2D eigenvalue weighted by Gasteiger charge is 2.51. The molecule has 0 saturated heterocycles. The predicted octanol–water partition coefficient (Wildman–Crippen LogP) is 2.52. The van der Waals surface area contributed by atoms with Crippen LogP contribution in [0.4, 0.5) is 5.82 Å². The van der Waals surface area contributed by atoms with Crippen molar-refractivity contribution in [3.05, 3.63) is 11.8 Å². The van der Waals surface area contributed by atoms with Gasteiger partial charge in [-0.25, -0.2) is 14.8 Å². The Balaban J connectivity index is 1.97. The van der Waals surface area contributed by atoms with Crippen LogP contribution in [-0.2, 0) is 4.74 Å². The monoisotopic (exact) mass is 321 g/mol. The standard InChI is InChI=1S/C11H13Cl2N3O2S/c1-2-18-9(17)7-4-15-10(16-8(7)14)19-5-6-3-11(6,12)13/h4,6H,2-3,5H2,1H3,(H2,14,15,16)/t6-/m1/s1. The van der Waals surface area contributed by atoms with Gasteiger partial charge in [-0.1, -0.05) is 11.8 Å². The fourth-order valence-electron chi connectivity index (χ4n) is 1.44. The number of nitrogens with two attached hydrogens (primary N) is 1. The third kappa shape index (κ3) is 3.64. The van der Waals surface area contributed by atoms with E-state index in [1.54, 1.807) is 6.92 Å². The lowest BCUT2D eigenvalue weighted by Gasteiger charge is -2.05. The minimum atomic E-state index is -0.608. The van der Waals surface area contributed by atoms with Crippen molar-refractivity contribution in [2.75, 3.05) is 18.1 Å². The number of nitrogens with zero attached hydrogens (tertiary/aromatic N) is 2. The molecule has 0 radical (unpaired) electrons. The van der Waals surface area contributed by atoms with Crippen LogP contribution in [0.25, 0.3) is 0 Å². The summed E-state index contributed by atoms with van der Waals surface area (Å²) in [7, 11) is 0. The van der Waals surface area contributed by atoms with Gasteiger partial charge in [-0.2, -0.15) is 0 Å². The normalized spacial score (nSPS) is 20.1. The Labute approximate surface area is 125 Å². The number of rotatable bonds is 5. The van der Waals surface area contributed by atoms with Crippen LogP contribution in [0.1, 0.15) is 23.7 Å². The molecule has 19 heavy (non-hydrogen) atoms. The SMILES string of the molecule is CCOC(=O)c1cnc(SC[C@H]2CC2(Cl)Cl)nc1N. The van der Waals surface area contributed by atoms with Crippen molar-refractivity contribution in [1.29, 1.82) is 0 Å². The Morgan fingerprint density at radius 1 is 1.68 bits per heavy atom. The van der Waals surface area contributed by atoms with Gasteiger partial charge < -0.3 is 10.5 Å². The first-order valence-corrected chi connectivity index (χ1v) is 7.48. The van der Waals surface area contributed by atoms with Gasteiger partial charge in [0.1, 0.15) is 15.7 Å². The molecular formula is C11H13Cl2N3O2S. The molecule has 0 bridgehead atoms. The topological polar surface area (TPSA) is 78.1 Å². The second-order valence-electron chi connectivity index (χ2n) is 4.15. The number of carbonyl (C=O) groups excluding carboxylic acids is 1. The zero-order chi connectivity index (χ0) is 14.0. The lowest BCUT2D eigenvalue weighted by molar-refractivity contribution is 0.0526. The van der Waals surface area contributed by atoms with Crippen LogP contribution >= 0.6 is 35.0 Å². The van der Waals surface area contributed by atoms with Gasteiger partial charge in [-0.05, 0) is 13.3 Å². The van der Waals surface area contributed by atoms with Crippen molar-refractivity contribution < 1.29 is 9.53 Å². The number of hydrogen-bond donors (Lipinski definition) is 1. The average Bonchev–Trinajstić information content (AvgIpc) is 2.95. The molecule has 2 rings (SSSR count). The predicted molar refractivity (Wildman–Crippen MR) is 75.7 cm³/mol. The molecule has 0 aliphatic heterocycles. The Morgan fingerprint density at radius 3 is 2.89 bits per heavy atom. The molecule has 1 saturated carbocycles. The van der Waals surface area contributed by atoms with Crippen LogP contribution in [0, 0.1) is 5.92 Å². The summed E-state index contributed by atoms with van der Waals surface area (Å²) in [5, 5.41) is 0.501. The van der Waals surface area contributed by atoms with Crippen molar-refractivity contribution in [3.8, 4) is 0 Å². The van der Waals surface area contributed by atoms with Gasteiger partial charge in [-0.15, -0.1) is 23.2 Å². The number of esters is 1. The van der Waals surface area contributed by atoms with Crippen molar-refractivity contribution in [2.24, 2.45) is 5.92 Å². The maximum absolute atomic E-state index is 11.5. The number of nitrogen functional groups attached to an aromatic ring is 1. The summed E-state index contributed by atoms with van der Waals surface area (Å²) >= 11 is 13.3. The number of alkyl halides is 2. The molecule has 1 aliphatic rings. The minimum absolute atomic E-state index is 0.120. The lowest BCUT2D eigenvalue weighted by Crippen LogP contribution is -2.10. The Hall–Kier alpha value is -0.720. The maximum Gasteiger partial charge on any atom is 0.343 e. The van der Waals surface area contributed by atoms with E-state index in [2.05, 4.69) is 9.97 Å². The van der Waals surface area contributed by atoms with Gasteiger partial charge in [0.2, 0.25) is 0 Å².